The van der Waals surface area contributed by atoms with E-state index in [1.807, 2.05) is 24.3 Å². The fourth-order valence-corrected chi connectivity index (χ4v) is 2.07. The minimum atomic E-state index is -1.01. The van der Waals surface area contributed by atoms with Crippen molar-refractivity contribution in [2.45, 2.75) is 0 Å². The first-order valence-electron chi connectivity index (χ1n) is 7.24. The molecule has 0 heterocycles. The van der Waals surface area contributed by atoms with Crippen molar-refractivity contribution in [3.8, 4) is 11.5 Å². The van der Waals surface area contributed by atoms with Crippen LogP contribution >= 0.6 is 0 Å². The number of benzene rings is 2. The van der Waals surface area contributed by atoms with Gasteiger partial charge in [-0.05, 0) is 29.8 Å². The van der Waals surface area contributed by atoms with E-state index in [-0.39, 0.29) is 12.2 Å². The molecule has 2 rings (SSSR count). The van der Waals surface area contributed by atoms with Crippen LogP contribution in [0.25, 0.3) is 6.08 Å². The van der Waals surface area contributed by atoms with Crippen LogP contribution in [0.3, 0.4) is 0 Å². The quantitative estimate of drug-likeness (QED) is 0.570. The Morgan fingerprint density at radius 2 is 1.88 bits per heavy atom. The normalized spacial score (nSPS) is 10.6. The van der Waals surface area contributed by atoms with Crippen LogP contribution in [-0.4, -0.2) is 31.9 Å². The van der Waals surface area contributed by atoms with Crippen molar-refractivity contribution in [3.05, 3.63) is 59.7 Å². The first-order valence-corrected chi connectivity index (χ1v) is 7.24. The van der Waals surface area contributed by atoms with E-state index in [4.69, 9.17) is 19.4 Å². The summed E-state index contributed by atoms with van der Waals surface area (Å²) in [7, 11) is 3.17. The van der Waals surface area contributed by atoms with Gasteiger partial charge in [-0.25, -0.2) is 4.79 Å². The highest BCUT2D eigenvalue weighted by atomic mass is 16.6. The Hall–Kier alpha value is -2.99. The Bertz CT molecular complexity index is 727. The Labute approximate surface area is 140 Å². The highest BCUT2D eigenvalue weighted by Gasteiger charge is 2.08. The number of hydrogen-bond acceptors (Lipinski definition) is 5. The first kappa shape index (κ1) is 17.4. The van der Waals surface area contributed by atoms with E-state index < -0.39 is 5.97 Å². The number of anilines is 1. The van der Waals surface area contributed by atoms with Gasteiger partial charge in [-0.3, -0.25) is 10.3 Å². The van der Waals surface area contributed by atoms with Gasteiger partial charge in [0.2, 0.25) is 0 Å². The van der Waals surface area contributed by atoms with Crippen LogP contribution in [0.15, 0.2) is 48.5 Å². The molecule has 0 aromatic heterocycles. The zero-order valence-electron chi connectivity index (χ0n) is 13.5. The van der Waals surface area contributed by atoms with Crippen molar-refractivity contribution in [1.82, 2.24) is 0 Å². The van der Waals surface area contributed by atoms with Crippen molar-refractivity contribution in [2.24, 2.45) is 0 Å². The summed E-state index contributed by atoms with van der Waals surface area (Å²) in [4.78, 5) is 16.4. The smallest absolute Gasteiger partial charge is 0.337 e. The number of hydrogen-bond donors (Lipinski definition) is 2. The van der Waals surface area contributed by atoms with E-state index in [1.165, 1.54) is 6.07 Å². The largest absolute Gasteiger partial charge is 0.493 e. The van der Waals surface area contributed by atoms with Crippen molar-refractivity contribution in [3.63, 3.8) is 0 Å². The standard InChI is InChI=1S/C18H19NO5/c1-22-16-10-9-13(12-17(16)23-2)6-5-11-24-19-15-8-4-3-7-14(15)18(20)21/h3-10,12,19H,11H2,1-2H3,(H,20,21). The molecule has 0 aliphatic heterocycles. The topological polar surface area (TPSA) is 77.0 Å². The van der Waals surface area contributed by atoms with Crippen LogP contribution in [0.1, 0.15) is 15.9 Å². The minimum Gasteiger partial charge on any atom is -0.493 e. The molecule has 0 spiro atoms. The number of carboxylic acid groups (broad SMARTS) is 1. The van der Waals surface area contributed by atoms with E-state index in [9.17, 15) is 4.79 Å². The number of carbonyl (C=O) groups is 1. The summed E-state index contributed by atoms with van der Waals surface area (Å²) in [6.45, 7) is 0.266. The predicted octanol–water partition coefficient (Wildman–Crippen LogP) is 3.46. The Morgan fingerprint density at radius 3 is 2.58 bits per heavy atom. The van der Waals surface area contributed by atoms with E-state index in [2.05, 4.69) is 5.48 Å². The maximum absolute atomic E-state index is 11.1. The molecule has 2 aromatic rings. The Kier molecular flexibility index (Phi) is 6.22. The van der Waals surface area contributed by atoms with Gasteiger partial charge < -0.3 is 14.6 Å². The fourth-order valence-electron chi connectivity index (χ4n) is 2.07. The Morgan fingerprint density at radius 1 is 1.12 bits per heavy atom. The highest BCUT2D eigenvalue weighted by molar-refractivity contribution is 5.93. The average Bonchev–Trinajstić information content (AvgIpc) is 2.61. The maximum atomic E-state index is 11.1. The highest BCUT2D eigenvalue weighted by Crippen LogP contribution is 2.27. The molecule has 0 aliphatic carbocycles. The summed E-state index contributed by atoms with van der Waals surface area (Å²) in [5, 5.41) is 9.08. The van der Waals surface area contributed by atoms with E-state index in [0.29, 0.717) is 17.2 Å². The molecule has 0 radical (unpaired) electrons. The molecule has 0 bridgehead atoms. The molecule has 0 fully saturated rings. The third-order valence-corrected chi connectivity index (χ3v) is 3.24. The molecular formula is C18H19NO5. The molecule has 2 aromatic carbocycles. The van der Waals surface area contributed by atoms with Crippen LogP contribution in [-0.2, 0) is 4.84 Å². The lowest BCUT2D eigenvalue weighted by Gasteiger charge is -2.08. The lowest BCUT2D eigenvalue weighted by molar-refractivity contribution is 0.0696. The zero-order valence-corrected chi connectivity index (χ0v) is 13.5. The molecule has 0 amide bonds. The van der Waals surface area contributed by atoms with Crippen molar-refractivity contribution >= 4 is 17.7 Å². The van der Waals surface area contributed by atoms with Crippen LogP contribution in [0, 0.1) is 0 Å². The molecule has 0 unspecified atom stereocenters. The van der Waals surface area contributed by atoms with Crippen LogP contribution in [0.5, 0.6) is 11.5 Å². The van der Waals surface area contributed by atoms with E-state index >= 15 is 0 Å². The minimum absolute atomic E-state index is 0.154. The lowest BCUT2D eigenvalue weighted by atomic mass is 10.2. The summed E-state index contributed by atoms with van der Waals surface area (Å²) < 4.78 is 10.4. The molecule has 126 valence electrons. The number of methoxy groups -OCH3 is 2. The summed E-state index contributed by atoms with van der Waals surface area (Å²) in [6, 6.07) is 12.1. The van der Waals surface area contributed by atoms with Gasteiger partial charge in [0.05, 0.1) is 32.1 Å². The van der Waals surface area contributed by atoms with Crippen molar-refractivity contribution in [2.75, 3.05) is 26.3 Å². The zero-order chi connectivity index (χ0) is 17.4. The van der Waals surface area contributed by atoms with E-state index in [1.54, 1.807) is 38.5 Å². The van der Waals surface area contributed by atoms with Gasteiger partial charge in [0.15, 0.2) is 11.5 Å². The van der Waals surface area contributed by atoms with Gasteiger partial charge in [-0.1, -0.05) is 30.4 Å². The number of rotatable bonds is 8. The number of para-hydroxylation sites is 1. The molecule has 0 aliphatic rings. The van der Waals surface area contributed by atoms with E-state index in [0.717, 1.165) is 5.56 Å². The van der Waals surface area contributed by atoms with Crippen LogP contribution in [0.4, 0.5) is 5.69 Å². The molecular weight excluding hydrogens is 310 g/mol. The number of aromatic carboxylic acids is 1. The fraction of sp³-hybridized carbons (Fsp3) is 0.167. The summed E-state index contributed by atoms with van der Waals surface area (Å²) in [5.41, 5.74) is 4.14. The van der Waals surface area contributed by atoms with Gasteiger partial charge in [0, 0.05) is 0 Å². The number of nitrogens with one attached hydrogen (secondary N) is 1. The third kappa shape index (κ3) is 4.50. The molecule has 0 atom stereocenters. The predicted molar refractivity (Wildman–Crippen MR) is 91.6 cm³/mol. The van der Waals surface area contributed by atoms with Gasteiger partial charge >= 0.3 is 5.97 Å². The van der Waals surface area contributed by atoms with Gasteiger partial charge in [-0.15, -0.1) is 0 Å². The molecule has 24 heavy (non-hydrogen) atoms. The SMILES string of the molecule is COc1ccc(C=CCONc2ccccc2C(=O)O)cc1OC. The molecule has 6 nitrogen and oxygen atoms in total. The second-order valence-corrected chi connectivity index (χ2v) is 4.78. The first-order chi connectivity index (χ1) is 11.7. The van der Waals surface area contributed by atoms with Crippen molar-refractivity contribution < 1.29 is 24.2 Å². The summed E-state index contributed by atoms with van der Waals surface area (Å²) in [5.74, 6) is 0.300. The lowest BCUT2D eigenvalue weighted by Crippen LogP contribution is -2.07. The molecule has 2 N–H and O–H groups in total. The summed E-state index contributed by atoms with van der Waals surface area (Å²) in [6.07, 6.45) is 3.67. The van der Waals surface area contributed by atoms with Crippen molar-refractivity contribution in [1.29, 1.82) is 0 Å². The molecule has 6 heteroatoms. The van der Waals surface area contributed by atoms with Crippen LogP contribution in [0.2, 0.25) is 0 Å². The number of ether oxygens (including phenoxy) is 2. The van der Waals surface area contributed by atoms with Crippen LogP contribution < -0.4 is 15.0 Å². The summed E-state index contributed by atoms with van der Waals surface area (Å²) >= 11 is 0. The second-order valence-electron chi connectivity index (χ2n) is 4.78. The molecule has 0 saturated carbocycles. The maximum Gasteiger partial charge on any atom is 0.337 e. The monoisotopic (exact) mass is 329 g/mol. The molecule has 0 saturated heterocycles. The number of carboxylic acids is 1. The average molecular weight is 329 g/mol. The van der Waals surface area contributed by atoms with Gasteiger partial charge in [0.1, 0.15) is 0 Å². The van der Waals surface area contributed by atoms with Gasteiger partial charge in [-0.2, -0.15) is 0 Å². The second kappa shape index (κ2) is 8.59. The third-order valence-electron chi connectivity index (χ3n) is 3.24. The van der Waals surface area contributed by atoms with Gasteiger partial charge in [0.25, 0.3) is 0 Å². The Balaban J connectivity index is 1.91.